The molecule has 0 spiro atoms. The molecule has 0 unspecified atom stereocenters. The van der Waals surface area contributed by atoms with E-state index in [2.05, 4.69) is 10.2 Å². The number of aromatic nitrogens is 2. The van der Waals surface area contributed by atoms with Crippen LogP contribution in [0.4, 0.5) is 0 Å². The summed E-state index contributed by atoms with van der Waals surface area (Å²) in [5, 5.41) is 17.8. The first kappa shape index (κ1) is 16.0. The van der Waals surface area contributed by atoms with Crippen LogP contribution in [0.2, 0.25) is 5.02 Å². The second-order valence-electron chi connectivity index (χ2n) is 5.11. The second-order valence-corrected chi connectivity index (χ2v) is 5.54. The average Bonchev–Trinajstić information content (AvgIpc) is 3.04. The molecule has 122 valence electrons. The SMILES string of the molecule is Cc1cccc(-c2nnc(COC(=O)c3cc(Cl)ccc3O)o2)c1. The molecule has 0 radical (unpaired) electrons. The highest BCUT2D eigenvalue weighted by Crippen LogP contribution is 2.23. The third-order valence-corrected chi connectivity index (χ3v) is 3.47. The van der Waals surface area contributed by atoms with Gasteiger partial charge in [0.15, 0.2) is 6.61 Å². The van der Waals surface area contributed by atoms with Crippen molar-refractivity contribution in [2.75, 3.05) is 0 Å². The van der Waals surface area contributed by atoms with Gasteiger partial charge in [-0.05, 0) is 37.3 Å². The molecule has 1 N–H and O–H groups in total. The van der Waals surface area contributed by atoms with E-state index >= 15 is 0 Å². The number of rotatable bonds is 4. The Labute approximate surface area is 142 Å². The van der Waals surface area contributed by atoms with E-state index in [0.29, 0.717) is 10.9 Å². The molecule has 3 aromatic rings. The zero-order valence-corrected chi connectivity index (χ0v) is 13.4. The predicted molar refractivity (Wildman–Crippen MR) is 86.7 cm³/mol. The zero-order valence-electron chi connectivity index (χ0n) is 12.7. The third-order valence-electron chi connectivity index (χ3n) is 3.24. The summed E-state index contributed by atoms with van der Waals surface area (Å²) in [6, 6.07) is 11.7. The van der Waals surface area contributed by atoms with Gasteiger partial charge in [-0.25, -0.2) is 4.79 Å². The molecular weight excluding hydrogens is 332 g/mol. The minimum absolute atomic E-state index is 0.0269. The van der Waals surface area contributed by atoms with Crippen LogP contribution in [0.1, 0.15) is 21.8 Å². The molecule has 24 heavy (non-hydrogen) atoms. The Hall–Kier alpha value is -2.86. The van der Waals surface area contributed by atoms with Gasteiger partial charge in [0.05, 0.1) is 0 Å². The number of nitrogens with zero attached hydrogens (tertiary/aromatic N) is 2. The number of esters is 1. The van der Waals surface area contributed by atoms with E-state index < -0.39 is 5.97 Å². The molecule has 0 fully saturated rings. The van der Waals surface area contributed by atoms with Crippen molar-refractivity contribution in [1.82, 2.24) is 10.2 Å². The molecular formula is C17H13ClN2O4. The monoisotopic (exact) mass is 344 g/mol. The molecule has 0 atom stereocenters. The molecule has 7 heteroatoms. The van der Waals surface area contributed by atoms with E-state index in [1.54, 1.807) is 0 Å². The molecule has 0 bridgehead atoms. The highest BCUT2D eigenvalue weighted by Gasteiger charge is 2.16. The van der Waals surface area contributed by atoms with Crippen molar-refractivity contribution in [2.24, 2.45) is 0 Å². The van der Waals surface area contributed by atoms with Crippen molar-refractivity contribution in [2.45, 2.75) is 13.5 Å². The first-order valence-corrected chi connectivity index (χ1v) is 7.46. The van der Waals surface area contributed by atoms with Crippen LogP contribution in [-0.2, 0) is 11.3 Å². The fourth-order valence-corrected chi connectivity index (χ4v) is 2.26. The van der Waals surface area contributed by atoms with Gasteiger partial charge in [-0.1, -0.05) is 29.3 Å². The number of benzene rings is 2. The van der Waals surface area contributed by atoms with Gasteiger partial charge in [-0.2, -0.15) is 0 Å². The van der Waals surface area contributed by atoms with Crippen LogP contribution in [0, 0.1) is 6.92 Å². The Balaban J connectivity index is 1.69. The number of phenols is 1. The second kappa shape index (κ2) is 6.72. The Bertz CT molecular complexity index is 892. The lowest BCUT2D eigenvalue weighted by Gasteiger charge is -2.04. The summed E-state index contributed by atoms with van der Waals surface area (Å²) in [5.74, 6) is -0.447. The minimum Gasteiger partial charge on any atom is -0.507 e. The standard InChI is InChI=1S/C17H13ClN2O4/c1-10-3-2-4-11(7-10)16-20-19-15(24-16)9-23-17(22)13-8-12(18)5-6-14(13)21/h2-8,21H,9H2,1H3. The molecule has 0 amide bonds. The maximum Gasteiger partial charge on any atom is 0.342 e. The van der Waals surface area contributed by atoms with Crippen molar-refractivity contribution < 1.29 is 19.1 Å². The van der Waals surface area contributed by atoms with E-state index in [-0.39, 0.29) is 23.8 Å². The number of carbonyl (C=O) groups excluding carboxylic acids is 1. The zero-order chi connectivity index (χ0) is 17.1. The molecule has 0 aliphatic rings. The number of halogens is 1. The predicted octanol–water partition coefficient (Wildman–Crippen LogP) is 3.76. The quantitative estimate of drug-likeness (QED) is 0.725. The lowest BCUT2D eigenvalue weighted by atomic mass is 10.1. The maximum atomic E-state index is 12.0. The summed E-state index contributed by atoms with van der Waals surface area (Å²) < 4.78 is 10.5. The fraction of sp³-hybridized carbons (Fsp3) is 0.118. The van der Waals surface area contributed by atoms with Crippen molar-refractivity contribution in [3.05, 3.63) is 64.5 Å². The summed E-state index contributed by atoms with van der Waals surface area (Å²) in [7, 11) is 0. The Morgan fingerprint density at radius 2 is 2.08 bits per heavy atom. The van der Waals surface area contributed by atoms with Crippen LogP contribution in [-0.4, -0.2) is 21.3 Å². The van der Waals surface area contributed by atoms with E-state index in [1.807, 2.05) is 31.2 Å². The summed E-state index contributed by atoms with van der Waals surface area (Å²) >= 11 is 5.80. The van der Waals surface area contributed by atoms with Gasteiger partial charge in [0, 0.05) is 10.6 Å². The summed E-state index contributed by atoms with van der Waals surface area (Å²) in [5.41, 5.74) is 1.82. The molecule has 0 saturated heterocycles. The molecule has 0 saturated carbocycles. The van der Waals surface area contributed by atoms with Gasteiger partial charge in [0.2, 0.25) is 5.89 Å². The number of aromatic hydroxyl groups is 1. The number of phenolic OH excluding ortho intramolecular Hbond substituents is 1. The first-order valence-electron chi connectivity index (χ1n) is 7.08. The Morgan fingerprint density at radius 3 is 2.88 bits per heavy atom. The minimum atomic E-state index is -0.731. The van der Waals surface area contributed by atoms with Crippen LogP contribution >= 0.6 is 11.6 Å². The maximum absolute atomic E-state index is 12.0. The molecule has 3 rings (SSSR count). The van der Waals surface area contributed by atoms with Crippen molar-refractivity contribution in [1.29, 1.82) is 0 Å². The largest absolute Gasteiger partial charge is 0.507 e. The molecule has 1 heterocycles. The van der Waals surface area contributed by atoms with Gasteiger partial charge in [-0.3, -0.25) is 0 Å². The van der Waals surface area contributed by atoms with Gasteiger partial charge in [0.25, 0.3) is 5.89 Å². The van der Waals surface area contributed by atoms with Crippen LogP contribution in [0.15, 0.2) is 46.9 Å². The van der Waals surface area contributed by atoms with E-state index in [0.717, 1.165) is 11.1 Å². The lowest BCUT2D eigenvalue weighted by molar-refractivity contribution is 0.0435. The van der Waals surface area contributed by atoms with Crippen LogP contribution < -0.4 is 0 Å². The van der Waals surface area contributed by atoms with E-state index in [4.69, 9.17) is 20.8 Å². The number of carbonyl (C=O) groups is 1. The molecule has 0 aliphatic heterocycles. The van der Waals surface area contributed by atoms with E-state index in [1.165, 1.54) is 18.2 Å². The highest BCUT2D eigenvalue weighted by atomic mass is 35.5. The normalized spacial score (nSPS) is 10.6. The fourth-order valence-electron chi connectivity index (χ4n) is 2.08. The molecule has 6 nitrogen and oxygen atoms in total. The van der Waals surface area contributed by atoms with E-state index in [9.17, 15) is 9.90 Å². The van der Waals surface area contributed by atoms with Crippen molar-refractivity contribution >= 4 is 17.6 Å². The lowest BCUT2D eigenvalue weighted by Crippen LogP contribution is -2.05. The number of aryl methyl sites for hydroxylation is 1. The Kier molecular flexibility index (Phi) is 4.48. The highest BCUT2D eigenvalue weighted by molar-refractivity contribution is 6.31. The van der Waals surface area contributed by atoms with Gasteiger partial charge in [-0.15, -0.1) is 10.2 Å². The number of hydrogen-bond acceptors (Lipinski definition) is 6. The van der Waals surface area contributed by atoms with Crippen LogP contribution in [0.25, 0.3) is 11.5 Å². The van der Waals surface area contributed by atoms with Crippen LogP contribution in [0.5, 0.6) is 5.75 Å². The molecule has 2 aromatic carbocycles. The van der Waals surface area contributed by atoms with Crippen molar-refractivity contribution in [3.8, 4) is 17.2 Å². The topological polar surface area (TPSA) is 85.5 Å². The van der Waals surface area contributed by atoms with Gasteiger partial charge >= 0.3 is 5.97 Å². The number of hydrogen-bond donors (Lipinski definition) is 1. The van der Waals surface area contributed by atoms with Crippen molar-refractivity contribution in [3.63, 3.8) is 0 Å². The molecule has 1 aromatic heterocycles. The third kappa shape index (κ3) is 3.55. The summed E-state index contributed by atoms with van der Waals surface area (Å²) in [6.45, 7) is 1.75. The smallest absolute Gasteiger partial charge is 0.342 e. The van der Waals surface area contributed by atoms with Crippen LogP contribution in [0.3, 0.4) is 0 Å². The summed E-state index contributed by atoms with van der Waals surface area (Å²) in [6.07, 6.45) is 0. The Morgan fingerprint density at radius 1 is 1.25 bits per heavy atom. The number of ether oxygens (including phenoxy) is 1. The van der Waals surface area contributed by atoms with Gasteiger partial charge < -0.3 is 14.3 Å². The molecule has 0 aliphatic carbocycles. The average molecular weight is 345 g/mol. The summed E-state index contributed by atoms with van der Waals surface area (Å²) in [4.78, 5) is 12.0. The first-order chi connectivity index (χ1) is 11.5. The van der Waals surface area contributed by atoms with Gasteiger partial charge in [0.1, 0.15) is 11.3 Å².